The van der Waals surface area contributed by atoms with Crippen molar-refractivity contribution in [1.29, 1.82) is 0 Å². The van der Waals surface area contributed by atoms with Gasteiger partial charge in [0.25, 0.3) is 0 Å². The van der Waals surface area contributed by atoms with E-state index in [0.29, 0.717) is 24.3 Å². The monoisotopic (exact) mass is 337 g/mol. The van der Waals surface area contributed by atoms with Crippen molar-refractivity contribution < 1.29 is 9.59 Å². The molecule has 0 fully saturated rings. The molecule has 3 aromatic rings. The summed E-state index contributed by atoms with van der Waals surface area (Å²) in [5.74, 6) is -0.102. The van der Waals surface area contributed by atoms with Crippen molar-refractivity contribution in [3.63, 3.8) is 0 Å². The number of fused-ring (bicyclic) bond motifs is 1. The Morgan fingerprint density at radius 3 is 2.60 bits per heavy atom. The number of urea groups is 1. The number of hydrogen-bond donors (Lipinski definition) is 3. The molecule has 0 radical (unpaired) electrons. The number of nitrogens with one attached hydrogen (secondary N) is 3. The van der Waals surface area contributed by atoms with Gasteiger partial charge in [-0.15, -0.1) is 0 Å². The maximum Gasteiger partial charge on any atom is 0.318 e. The van der Waals surface area contributed by atoms with Gasteiger partial charge in [-0.05, 0) is 30.3 Å². The highest BCUT2D eigenvalue weighted by Crippen LogP contribution is 2.16. The molecule has 1 heterocycles. The number of hydrogen-bond acceptors (Lipinski definition) is 3. The van der Waals surface area contributed by atoms with E-state index in [2.05, 4.69) is 20.9 Å². The molecule has 2 aromatic carbocycles. The van der Waals surface area contributed by atoms with E-state index in [4.69, 9.17) is 0 Å². The molecule has 0 saturated heterocycles. The molecule has 0 aliphatic rings. The van der Waals surface area contributed by atoms with E-state index in [1.165, 1.54) is 0 Å². The number of nitrogens with zero attached hydrogens (tertiary/aromatic N) is 2. The number of aryl methyl sites for hydroxylation is 1. The van der Waals surface area contributed by atoms with Crippen LogP contribution in [0.15, 0.2) is 54.9 Å². The lowest BCUT2D eigenvalue weighted by atomic mass is 10.2. The summed E-state index contributed by atoms with van der Waals surface area (Å²) in [4.78, 5) is 27.8. The first kappa shape index (κ1) is 16.5. The van der Waals surface area contributed by atoms with E-state index >= 15 is 0 Å². The van der Waals surface area contributed by atoms with Gasteiger partial charge >= 0.3 is 6.03 Å². The highest BCUT2D eigenvalue weighted by molar-refractivity contribution is 5.93. The number of carbonyl (C=O) groups excluding carboxylic acids is 2. The number of rotatable bonds is 5. The lowest BCUT2D eigenvalue weighted by Crippen LogP contribution is -2.24. The summed E-state index contributed by atoms with van der Waals surface area (Å²) in [7, 11) is 1.54. The number of aromatic nitrogens is 2. The Hall–Kier alpha value is -3.35. The molecule has 3 N–H and O–H groups in total. The Morgan fingerprint density at radius 2 is 1.80 bits per heavy atom. The Bertz CT molecular complexity index is 903. The first-order valence-electron chi connectivity index (χ1n) is 7.94. The largest absolute Gasteiger partial charge is 0.341 e. The van der Waals surface area contributed by atoms with Gasteiger partial charge in [-0.1, -0.05) is 18.2 Å². The molecule has 25 heavy (non-hydrogen) atoms. The van der Waals surface area contributed by atoms with Crippen molar-refractivity contribution in [2.45, 2.75) is 13.0 Å². The van der Waals surface area contributed by atoms with Crippen LogP contribution >= 0.6 is 0 Å². The highest BCUT2D eigenvalue weighted by atomic mass is 16.2. The molecule has 1 aromatic heterocycles. The van der Waals surface area contributed by atoms with Crippen LogP contribution in [0.4, 0.5) is 16.2 Å². The molecular formula is C18H19N5O2. The van der Waals surface area contributed by atoms with Gasteiger partial charge < -0.3 is 20.5 Å². The standard InChI is InChI=1S/C18H19N5O2/c1-19-18(25)22-14-6-4-5-13(11-14)21-17(24)9-10-23-12-20-15-7-2-3-8-16(15)23/h2-8,11-12H,9-10H2,1H3,(H,21,24)(H2,19,22,25). The minimum atomic E-state index is -0.310. The topological polar surface area (TPSA) is 88.0 Å². The molecule has 0 aliphatic heterocycles. The van der Waals surface area contributed by atoms with Crippen LogP contribution < -0.4 is 16.0 Å². The summed E-state index contributed by atoms with van der Waals surface area (Å²) in [6.45, 7) is 0.544. The Balaban J connectivity index is 1.59. The second-order valence-corrected chi connectivity index (χ2v) is 5.51. The van der Waals surface area contributed by atoms with Crippen LogP contribution in [0, 0.1) is 0 Å². The summed E-state index contributed by atoms with van der Waals surface area (Å²) in [6.07, 6.45) is 2.07. The second-order valence-electron chi connectivity index (χ2n) is 5.51. The maximum atomic E-state index is 12.2. The third-order valence-corrected chi connectivity index (χ3v) is 3.74. The lowest BCUT2D eigenvalue weighted by Gasteiger charge is -2.09. The van der Waals surface area contributed by atoms with Crippen LogP contribution in [0.3, 0.4) is 0 Å². The molecule has 0 aliphatic carbocycles. The lowest BCUT2D eigenvalue weighted by molar-refractivity contribution is -0.116. The fourth-order valence-electron chi connectivity index (χ4n) is 2.50. The van der Waals surface area contributed by atoms with E-state index < -0.39 is 0 Å². The average Bonchev–Trinajstić information content (AvgIpc) is 3.03. The van der Waals surface area contributed by atoms with E-state index in [1.807, 2.05) is 28.8 Å². The number of para-hydroxylation sites is 2. The zero-order valence-corrected chi connectivity index (χ0v) is 13.8. The van der Waals surface area contributed by atoms with Crippen molar-refractivity contribution in [1.82, 2.24) is 14.9 Å². The van der Waals surface area contributed by atoms with Gasteiger partial charge in [-0.25, -0.2) is 9.78 Å². The van der Waals surface area contributed by atoms with Crippen molar-refractivity contribution in [3.05, 3.63) is 54.9 Å². The number of anilines is 2. The minimum absolute atomic E-state index is 0.102. The summed E-state index contributed by atoms with van der Waals surface area (Å²) in [5.41, 5.74) is 3.16. The van der Waals surface area contributed by atoms with Crippen LogP contribution in [-0.4, -0.2) is 28.5 Å². The van der Waals surface area contributed by atoms with E-state index in [9.17, 15) is 9.59 Å². The van der Waals surface area contributed by atoms with Crippen LogP contribution in [0.1, 0.15) is 6.42 Å². The predicted octanol–water partition coefficient (Wildman–Crippen LogP) is 2.82. The third-order valence-electron chi connectivity index (χ3n) is 3.74. The number of amides is 3. The molecule has 7 heteroatoms. The normalized spacial score (nSPS) is 10.4. The Labute approximate surface area is 145 Å². The molecule has 0 atom stereocenters. The van der Waals surface area contributed by atoms with Gasteiger partial charge in [-0.3, -0.25) is 4.79 Å². The summed E-state index contributed by atoms with van der Waals surface area (Å²) in [5, 5.41) is 7.98. The first-order valence-corrected chi connectivity index (χ1v) is 7.94. The highest BCUT2D eigenvalue weighted by Gasteiger charge is 2.07. The van der Waals surface area contributed by atoms with Crippen molar-refractivity contribution in [2.75, 3.05) is 17.7 Å². The fraction of sp³-hybridized carbons (Fsp3) is 0.167. The number of imidazole rings is 1. The molecule has 7 nitrogen and oxygen atoms in total. The third kappa shape index (κ3) is 4.14. The zero-order chi connectivity index (χ0) is 17.6. The summed E-state index contributed by atoms with van der Waals surface area (Å²) >= 11 is 0. The SMILES string of the molecule is CNC(=O)Nc1cccc(NC(=O)CCn2cnc3ccccc32)c1. The predicted molar refractivity (Wildman–Crippen MR) is 97.5 cm³/mol. The number of carbonyl (C=O) groups is 2. The zero-order valence-electron chi connectivity index (χ0n) is 13.8. The molecule has 128 valence electrons. The van der Waals surface area contributed by atoms with Gasteiger partial charge in [0.1, 0.15) is 0 Å². The molecule has 0 bridgehead atoms. The van der Waals surface area contributed by atoms with Gasteiger partial charge in [0.15, 0.2) is 0 Å². The smallest absolute Gasteiger partial charge is 0.318 e. The van der Waals surface area contributed by atoms with E-state index in [0.717, 1.165) is 11.0 Å². The van der Waals surface area contributed by atoms with Crippen LogP contribution in [0.25, 0.3) is 11.0 Å². The maximum absolute atomic E-state index is 12.2. The summed E-state index contributed by atoms with van der Waals surface area (Å²) in [6, 6.07) is 14.5. The van der Waals surface area contributed by atoms with E-state index in [1.54, 1.807) is 37.6 Å². The van der Waals surface area contributed by atoms with Crippen LogP contribution in [0.5, 0.6) is 0 Å². The van der Waals surface area contributed by atoms with E-state index in [-0.39, 0.29) is 11.9 Å². The molecule has 3 amide bonds. The van der Waals surface area contributed by atoms with Crippen molar-refractivity contribution in [3.8, 4) is 0 Å². The quantitative estimate of drug-likeness (QED) is 0.669. The summed E-state index contributed by atoms with van der Waals surface area (Å²) < 4.78 is 1.96. The molecule has 3 rings (SSSR count). The van der Waals surface area contributed by atoms with Gasteiger partial charge in [0.2, 0.25) is 5.91 Å². The second kappa shape index (κ2) is 7.48. The molecule has 0 saturated carbocycles. The first-order chi connectivity index (χ1) is 12.2. The van der Waals surface area contributed by atoms with Gasteiger partial charge in [0.05, 0.1) is 17.4 Å². The van der Waals surface area contributed by atoms with Crippen LogP contribution in [-0.2, 0) is 11.3 Å². The van der Waals surface area contributed by atoms with Gasteiger partial charge in [-0.2, -0.15) is 0 Å². The van der Waals surface area contributed by atoms with Crippen molar-refractivity contribution in [2.24, 2.45) is 0 Å². The van der Waals surface area contributed by atoms with Gasteiger partial charge in [0, 0.05) is 31.4 Å². The average molecular weight is 337 g/mol. The van der Waals surface area contributed by atoms with Crippen LogP contribution in [0.2, 0.25) is 0 Å². The van der Waals surface area contributed by atoms with Crippen molar-refractivity contribution >= 4 is 34.3 Å². The Morgan fingerprint density at radius 1 is 1.04 bits per heavy atom. The molecule has 0 unspecified atom stereocenters. The molecule has 0 spiro atoms. The number of benzene rings is 2. The Kier molecular flexibility index (Phi) is 4.94. The fourth-order valence-corrected chi connectivity index (χ4v) is 2.50. The molecular weight excluding hydrogens is 318 g/mol. The minimum Gasteiger partial charge on any atom is -0.341 e.